The Morgan fingerprint density at radius 3 is 2.36 bits per heavy atom. The summed E-state index contributed by atoms with van der Waals surface area (Å²) in [5.74, 6) is -0.118. The van der Waals surface area contributed by atoms with Gasteiger partial charge in [0.15, 0.2) is 0 Å². The molecule has 0 saturated heterocycles. The van der Waals surface area contributed by atoms with Crippen molar-refractivity contribution in [2.24, 2.45) is 5.92 Å². The Morgan fingerprint density at radius 2 is 1.93 bits per heavy atom. The molecule has 0 bridgehead atoms. The zero-order valence-electron chi connectivity index (χ0n) is 8.96. The van der Waals surface area contributed by atoms with Gasteiger partial charge in [-0.05, 0) is 25.8 Å². The Bertz CT molecular complexity index is 174. The van der Waals surface area contributed by atoms with E-state index in [0.717, 1.165) is 0 Å². The molecular formula is C11H21NO2. The molecule has 3 nitrogen and oxygen atoms in total. The van der Waals surface area contributed by atoms with Crippen molar-refractivity contribution in [2.45, 2.75) is 51.0 Å². The summed E-state index contributed by atoms with van der Waals surface area (Å²) in [6.07, 6.45) is 7.82. The van der Waals surface area contributed by atoms with Crippen molar-refractivity contribution in [1.82, 2.24) is 5.32 Å². The quantitative estimate of drug-likeness (QED) is 0.681. The molecule has 14 heavy (non-hydrogen) atoms. The average molecular weight is 199 g/mol. The lowest BCUT2D eigenvalue weighted by Crippen LogP contribution is -2.35. The van der Waals surface area contributed by atoms with Gasteiger partial charge in [0, 0.05) is 6.04 Å². The van der Waals surface area contributed by atoms with Crippen molar-refractivity contribution < 1.29 is 9.90 Å². The molecule has 82 valence electrons. The molecular weight excluding hydrogens is 178 g/mol. The molecule has 0 aromatic heterocycles. The Kier molecular flexibility index (Phi) is 4.94. The molecule has 0 amide bonds. The molecule has 0 aromatic rings. The number of carboxylic acid groups (broad SMARTS) is 1. The van der Waals surface area contributed by atoms with Crippen LogP contribution >= 0.6 is 0 Å². The fraction of sp³-hybridized carbons (Fsp3) is 0.909. The third-order valence-corrected chi connectivity index (χ3v) is 3.23. The number of carboxylic acids is 1. The van der Waals surface area contributed by atoms with Crippen LogP contribution in [0.25, 0.3) is 0 Å². The second-order valence-electron chi connectivity index (χ2n) is 4.24. The van der Waals surface area contributed by atoms with Gasteiger partial charge in [-0.15, -0.1) is 0 Å². The standard InChI is InChI=1S/C11H21NO2/c1-12-10(8-11(13)14)9-6-4-2-3-5-7-9/h9-10,12H,2-8H2,1H3,(H,13,14). The molecule has 0 aromatic carbocycles. The summed E-state index contributed by atoms with van der Waals surface area (Å²) in [7, 11) is 1.87. The van der Waals surface area contributed by atoms with Crippen molar-refractivity contribution in [2.75, 3.05) is 7.05 Å². The molecule has 1 unspecified atom stereocenters. The van der Waals surface area contributed by atoms with Gasteiger partial charge < -0.3 is 10.4 Å². The van der Waals surface area contributed by atoms with E-state index in [4.69, 9.17) is 5.11 Å². The summed E-state index contributed by atoms with van der Waals surface area (Å²) in [6, 6.07) is 0.172. The van der Waals surface area contributed by atoms with Crippen LogP contribution in [0, 0.1) is 5.92 Å². The average Bonchev–Trinajstić information content (AvgIpc) is 2.41. The van der Waals surface area contributed by atoms with Gasteiger partial charge in [-0.25, -0.2) is 0 Å². The Balaban J connectivity index is 2.44. The number of aliphatic carboxylic acids is 1. The zero-order valence-corrected chi connectivity index (χ0v) is 8.96. The van der Waals surface area contributed by atoms with Gasteiger partial charge in [-0.3, -0.25) is 4.79 Å². The summed E-state index contributed by atoms with van der Waals surface area (Å²) in [5, 5.41) is 11.9. The number of hydrogen-bond donors (Lipinski definition) is 2. The predicted octanol–water partition coefficient (Wildman–Crippen LogP) is 2.02. The molecule has 1 aliphatic rings. The Labute approximate surface area is 85.9 Å². The van der Waals surface area contributed by atoms with Crippen LogP contribution in [0.4, 0.5) is 0 Å². The van der Waals surface area contributed by atoms with Gasteiger partial charge in [0.1, 0.15) is 0 Å². The van der Waals surface area contributed by atoms with Crippen LogP contribution in [0.15, 0.2) is 0 Å². The molecule has 0 spiro atoms. The molecule has 1 aliphatic carbocycles. The second kappa shape index (κ2) is 6.02. The van der Waals surface area contributed by atoms with Crippen molar-refractivity contribution in [3.63, 3.8) is 0 Å². The largest absolute Gasteiger partial charge is 0.481 e. The smallest absolute Gasteiger partial charge is 0.304 e. The van der Waals surface area contributed by atoms with Crippen LogP contribution in [0.1, 0.15) is 44.9 Å². The highest BCUT2D eigenvalue weighted by molar-refractivity contribution is 5.67. The minimum absolute atomic E-state index is 0.172. The number of hydrogen-bond acceptors (Lipinski definition) is 2. The molecule has 0 radical (unpaired) electrons. The van der Waals surface area contributed by atoms with Crippen LogP contribution < -0.4 is 5.32 Å². The fourth-order valence-electron chi connectivity index (χ4n) is 2.41. The summed E-state index contributed by atoms with van der Waals surface area (Å²) in [6.45, 7) is 0. The summed E-state index contributed by atoms with van der Waals surface area (Å²) in [5.41, 5.74) is 0. The first-order valence-electron chi connectivity index (χ1n) is 5.63. The highest BCUT2D eigenvalue weighted by Crippen LogP contribution is 2.26. The maximum Gasteiger partial charge on any atom is 0.304 e. The number of carbonyl (C=O) groups is 1. The topological polar surface area (TPSA) is 49.3 Å². The van der Waals surface area contributed by atoms with E-state index in [1.807, 2.05) is 7.05 Å². The lowest BCUT2D eigenvalue weighted by atomic mass is 9.90. The zero-order chi connectivity index (χ0) is 10.4. The lowest BCUT2D eigenvalue weighted by molar-refractivity contribution is -0.137. The van der Waals surface area contributed by atoms with E-state index >= 15 is 0 Å². The highest BCUT2D eigenvalue weighted by atomic mass is 16.4. The van der Waals surface area contributed by atoms with Crippen molar-refractivity contribution in [3.05, 3.63) is 0 Å². The maximum absolute atomic E-state index is 10.7. The SMILES string of the molecule is CNC(CC(=O)O)C1CCCCCC1. The van der Waals surface area contributed by atoms with Gasteiger partial charge in [0.25, 0.3) is 0 Å². The second-order valence-corrected chi connectivity index (χ2v) is 4.24. The summed E-state index contributed by atoms with van der Waals surface area (Å²) >= 11 is 0. The molecule has 1 saturated carbocycles. The molecule has 0 aliphatic heterocycles. The first-order chi connectivity index (χ1) is 6.74. The van der Waals surface area contributed by atoms with E-state index in [1.165, 1.54) is 38.5 Å². The molecule has 1 atom stereocenters. The van der Waals surface area contributed by atoms with Gasteiger partial charge >= 0.3 is 5.97 Å². The first-order valence-corrected chi connectivity index (χ1v) is 5.63. The minimum atomic E-state index is -0.686. The van der Waals surface area contributed by atoms with Crippen molar-refractivity contribution in [3.8, 4) is 0 Å². The minimum Gasteiger partial charge on any atom is -0.481 e. The third kappa shape index (κ3) is 3.66. The van der Waals surface area contributed by atoms with E-state index in [-0.39, 0.29) is 12.5 Å². The number of nitrogens with one attached hydrogen (secondary N) is 1. The van der Waals surface area contributed by atoms with Gasteiger partial charge in [-0.2, -0.15) is 0 Å². The third-order valence-electron chi connectivity index (χ3n) is 3.23. The van der Waals surface area contributed by atoms with E-state index in [1.54, 1.807) is 0 Å². The van der Waals surface area contributed by atoms with Crippen LogP contribution in [0.5, 0.6) is 0 Å². The molecule has 3 heteroatoms. The highest BCUT2D eigenvalue weighted by Gasteiger charge is 2.23. The Morgan fingerprint density at radius 1 is 1.36 bits per heavy atom. The van der Waals surface area contributed by atoms with E-state index in [2.05, 4.69) is 5.32 Å². The molecule has 1 fully saturated rings. The summed E-state index contributed by atoms with van der Waals surface area (Å²) < 4.78 is 0. The lowest BCUT2D eigenvalue weighted by Gasteiger charge is -2.24. The Hall–Kier alpha value is -0.570. The number of rotatable bonds is 4. The van der Waals surface area contributed by atoms with Crippen LogP contribution in [-0.4, -0.2) is 24.2 Å². The fourth-order valence-corrected chi connectivity index (χ4v) is 2.41. The van der Waals surface area contributed by atoms with Gasteiger partial charge in [0.2, 0.25) is 0 Å². The first kappa shape index (κ1) is 11.5. The normalized spacial score (nSPS) is 21.5. The summed E-state index contributed by atoms with van der Waals surface area (Å²) in [4.78, 5) is 10.7. The predicted molar refractivity (Wildman–Crippen MR) is 56.3 cm³/mol. The molecule has 2 N–H and O–H groups in total. The molecule has 1 rings (SSSR count). The van der Waals surface area contributed by atoms with Gasteiger partial charge in [-0.1, -0.05) is 25.7 Å². The van der Waals surface area contributed by atoms with Crippen LogP contribution in [0.3, 0.4) is 0 Å². The van der Waals surface area contributed by atoms with Crippen molar-refractivity contribution in [1.29, 1.82) is 0 Å². The monoisotopic (exact) mass is 199 g/mol. The van der Waals surface area contributed by atoms with Crippen LogP contribution in [-0.2, 0) is 4.79 Å². The molecule has 0 heterocycles. The van der Waals surface area contributed by atoms with Gasteiger partial charge in [0.05, 0.1) is 6.42 Å². The van der Waals surface area contributed by atoms with E-state index in [0.29, 0.717) is 5.92 Å². The van der Waals surface area contributed by atoms with Crippen molar-refractivity contribution >= 4 is 5.97 Å². The van der Waals surface area contributed by atoms with Crippen LogP contribution in [0.2, 0.25) is 0 Å². The van der Waals surface area contributed by atoms with E-state index in [9.17, 15) is 4.79 Å². The maximum atomic E-state index is 10.7. The van der Waals surface area contributed by atoms with E-state index < -0.39 is 5.97 Å².